The van der Waals surface area contributed by atoms with Gasteiger partial charge in [-0.05, 0) is 19.4 Å². The molecule has 0 aromatic heterocycles. The Bertz CT molecular complexity index is 673. The van der Waals surface area contributed by atoms with E-state index in [-0.39, 0.29) is 19.8 Å². The molecular weight excluding hydrogens is 368 g/mol. The number of rotatable bonds is 10. The average Bonchev–Trinajstić information content (AvgIpc) is 2.66. The lowest BCUT2D eigenvalue weighted by Gasteiger charge is -2.31. The number of esters is 3. The van der Waals surface area contributed by atoms with Gasteiger partial charge in [-0.1, -0.05) is 30.3 Å². The number of carbonyl (C=O) groups is 4. The quantitative estimate of drug-likeness (QED) is 0.332. The molecule has 0 bridgehead atoms. The zero-order valence-corrected chi connectivity index (χ0v) is 16.2. The Hall–Kier alpha value is -2.94. The number of nitrogens with one attached hydrogen (secondary N) is 1. The number of ether oxygens (including phenoxy) is 3. The van der Waals surface area contributed by atoms with Crippen LogP contribution in [-0.4, -0.2) is 48.6 Å². The zero-order valence-electron chi connectivity index (χ0n) is 16.2. The highest BCUT2D eigenvalue weighted by atomic mass is 16.6. The molecule has 0 saturated carbocycles. The number of hydrogen-bond acceptors (Lipinski definition) is 8. The molecule has 1 aromatic carbocycles. The summed E-state index contributed by atoms with van der Waals surface area (Å²) >= 11 is 0. The van der Waals surface area contributed by atoms with E-state index in [9.17, 15) is 19.2 Å². The Morgan fingerprint density at radius 3 is 2.00 bits per heavy atom. The Labute approximate surface area is 163 Å². The lowest BCUT2D eigenvalue weighted by Crippen LogP contribution is -2.64. The Kier molecular flexibility index (Phi) is 9.10. The lowest BCUT2D eigenvalue weighted by atomic mass is 9.90. The lowest BCUT2D eigenvalue weighted by molar-refractivity contribution is -0.169. The Morgan fingerprint density at radius 1 is 1.00 bits per heavy atom. The Morgan fingerprint density at radius 2 is 1.54 bits per heavy atom. The second-order valence-electron chi connectivity index (χ2n) is 5.93. The second kappa shape index (κ2) is 11.0. The molecule has 154 valence electrons. The van der Waals surface area contributed by atoms with Crippen molar-refractivity contribution in [3.8, 4) is 0 Å². The van der Waals surface area contributed by atoms with Crippen molar-refractivity contribution in [1.82, 2.24) is 5.32 Å². The van der Waals surface area contributed by atoms with Gasteiger partial charge >= 0.3 is 17.9 Å². The molecule has 0 spiro atoms. The first kappa shape index (κ1) is 23.1. The minimum atomic E-state index is -2.25. The van der Waals surface area contributed by atoms with Crippen LogP contribution in [0.5, 0.6) is 0 Å². The summed E-state index contributed by atoms with van der Waals surface area (Å²) in [6, 6.07) is 7.52. The van der Waals surface area contributed by atoms with E-state index in [1.807, 2.05) is 6.07 Å². The highest BCUT2D eigenvalue weighted by molar-refractivity contribution is 6.08. The van der Waals surface area contributed by atoms with Crippen molar-refractivity contribution < 1.29 is 33.4 Å². The summed E-state index contributed by atoms with van der Waals surface area (Å²) in [6.45, 7) is 4.07. The van der Waals surface area contributed by atoms with Crippen molar-refractivity contribution in [2.75, 3.05) is 13.2 Å². The van der Waals surface area contributed by atoms with Gasteiger partial charge < -0.3 is 25.3 Å². The normalized spacial score (nSPS) is 11.9. The second-order valence-corrected chi connectivity index (χ2v) is 5.93. The van der Waals surface area contributed by atoms with Gasteiger partial charge in [-0.15, -0.1) is 0 Å². The van der Waals surface area contributed by atoms with Crippen LogP contribution in [-0.2, 0) is 40.0 Å². The first-order valence-electron chi connectivity index (χ1n) is 8.86. The van der Waals surface area contributed by atoms with Gasteiger partial charge in [0.25, 0.3) is 0 Å². The Balaban J connectivity index is 3.01. The van der Waals surface area contributed by atoms with Crippen LogP contribution in [0.4, 0.5) is 0 Å². The minimum absolute atomic E-state index is 0.0284. The maximum atomic E-state index is 12.5. The molecule has 0 heterocycles. The van der Waals surface area contributed by atoms with Gasteiger partial charge in [0, 0.05) is 13.3 Å². The predicted molar refractivity (Wildman–Crippen MR) is 98.6 cm³/mol. The third-order valence-electron chi connectivity index (χ3n) is 3.69. The summed E-state index contributed by atoms with van der Waals surface area (Å²) in [5.41, 5.74) is 4.37. The van der Waals surface area contributed by atoms with E-state index in [4.69, 9.17) is 19.9 Å². The molecule has 0 fully saturated rings. The fraction of sp³-hybridized carbons (Fsp3) is 0.474. The van der Waals surface area contributed by atoms with Gasteiger partial charge in [0.15, 0.2) is 0 Å². The van der Waals surface area contributed by atoms with Crippen LogP contribution in [0.1, 0.15) is 32.8 Å². The van der Waals surface area contributed by atoms with E-state index in [0.717, 1.165) is 12.5 Å². The van der Waals surface area contributed by atoms with Gasteiger partial charge in [0.1, 0.15) is 12.6 Å². The number of amides is 1. The topological polar surface area (TPSA) is 134 Å². The van der Waals surface area contributed by atoms with Crippen molar-refractivity contribution in [1.29, 1.82) is 0 Å². The highest BCUT2D eigenvalue weighted by Crippen LogP contribution is 2.19. The van der Waals surface area contributed by atoms with E-state index >= 15 is 0 Å². The molecule has 0 radical (unpaired) electrons. The first-order valence-corrected chi connectivity index (χ1v) is 8.86. The summed E-state index contributed by atoms with van der Waals surface area (Å²) in [4.78, 5) is 48.9. The molecule has 1 atom stereocenters. The molecule has 0 saturated heterocycles. The summed E-state index contributed by atoms with van der Waals surface area (Å²) in [5, 5.41) is 2.25. The summed E-state index contributed by atoms with van der Waals surface area (Å²) in [6.07, 6.45) is -0.572. The fourth-order valence-electron chi connectivity index (χ4n) is 2.46. The minimum Gasteiger partial charge on any atom is -0.464 e. The standard InChI is InChI=1S/C19H26N2O7/c1-4-26-17(24)19(21-13(3)22,18(25)27-5-2)11-15(20)16(23)28-12-14-9-7-6-8-10-14/h6-10,15H,4-5,11-12,20H2,1-3H3,(H,21,22). The van der Waals surface area contributed by atoms with Crippen LogP contribution >= 0.6 is 0 Å². The zero-order chi connectivity index (χ0) is 21.2. The first-order chi connectivity index (χ1) is 13.3. The molecular formula is C19H26N2O7. The van der Waals surface area contributed by atoms with E-state index in [2.05, 4.69) is 5.32 Å². The monoisotopic (exact) mass is 394 g/mol. The molecule has 1 amide bonds. The van der Waals surface area contributed by atoms with E-state index in [1.54, 1.807) is 24.3 Å². The van der Waals surface area contributed by atoms with Crippen molar-refractivity contribution in [3.63, 3.8) is 0 Å². The number of benzene rings is 1. The highest BCUT2D eigenvalue weighted by Gasteiger charge is 2.52. The van der Waals surface area contributed by atoms with E-state index in [1.165, 1.54) is 13.8 Å². The molecule has 1 rings (SSSR count). The van der Waals surface area contributed by atoms with Crippen LogP contribution in [0.2, 0.25) is 0 Å². The molecule has 3 N–H and O–H groups in total. The molecule has 0 aliphatic carbocycles. The molecule has 9 nitrogen and oxygen atoms in total. The van der Waals surface area contributed by atoms with Gasteiger partial charge in [0.2, 0.25) is 11.4 Å². The van der Waals surface area contributed by atoms with Gasteiger partial charge in [-0.3, -0.25) is 9.59 Å². The van der Waals surface area contributed by atoms with Crippen LogP contribution in [0.15, 0.2) is 30.3 Å². The average molecular weight is 394 g/mol. The number of nitrogens with two attached hydrogens (primary N) is 1. The molecule has 1 aromatic rings. The van der Waals surface area contributed by atoms with Crippen LogP contribution in [0.3, 0.4) is 0 Å². The molecule has 9 heteroatoms. The molecule has 0 aliphatic rings. The van der Waals surface area contributed by atoms with Crippen LogP contribution in [0, 0.1) is 0 Å². The molecule has 0 aliphatic heterocycles. The van der Waals surface area contributed by atoms with Crippen molar-refractivity contribution in [3.05, 3.63) is 35.9 Å². The summed E-state index contributed by atoms with van der Waals surface area (Å²) < 4.78 is 15.0. The smallest absolute Gasteiger partial charge is 0.343 e. The van der Waals surface area contributed by atoms with Crippen LogP contribution in [0.25, 0.3) is 0 Å². The van der Waals surface area contributed by atoms with Gasteiger partial charge in [-0.2, -0.15) is 0 Å². The van der Waals surface area contributed by atoms with Gasteiger partial charge in [-0.25, -0.2) is 9.59 Å². The predicted octanol–water partition coefficient (Wildman–Crippen LogP) is 0.448. The SMILES string of the molecule is CCOC(=O)C(CC(N)C(=O)OCc1ccccc1)(NC(C)=O)C(=O)OCC. The summed E-state index contributed by atoms with van der Waals surface area (Å²) in [5.74, 6) is -3.65. The maximum Gasteiger partial charge on any atom is 0.343 e. The van der Waals surface area contributed by atoms with Crippen molar-refractivity contribution in [2.45, 2.75) is 45.4 Å². The largest absolute Gasteiger partial charge is 0.464 e. The van der Waals surface area contributed by atoms with Crippen molar-refractivity contribution >= 4 is 23.8 Å². The number of hydrogen-bond donors (Lipinski definition) is 2. The summed E-state index contributed by atoms with van der Waals surface area (Å²) in [7, 11) is 0. The van der Waals surface area contributed by atoms with Crippen molar-refractivity contribution in [2.24, 2.45) is 5.73 Å². The molecule has 1 unspecified atom stereocenters. The van der Waals surface area contributed by atoms with Crippen LogP contribution < -0.4 is 11.1 Å². The maximum absolute atomic E-state index is 12.5. The third kappa shape index (κ3) is 6.34. The van der Waals surface area contributed by atoms with Gasteiger partial charge in [0.05, 0.1) is 13.2 Å². The third-order valence-corrected chi connectivity index (χ3v) is 3.69. The van der Waals surface area contributed by atoms with E-state index in [0.29, 0.717) is 0 Å². The molecule has 28 heavy (non-hydrogen) atoms. The fourth-order valence-corrected chi connectivity index (χ4v) is 2.46. The van der Waals surface area contributed by atoms with E-state index < -0.39 is 41.8 Å². The number of carbonyl (C=O) groups excluding carboxylic acids is 4.